The molecular formula is C27H36N4. The molecule has 4 heteroatoms. The first kappa shape index (κ1) is 21.6. The lowest BCUT2D eigenvalue weighted by Gasteiger charge is -2.41. The molecule has 3 aromatic rings. The summed E-state index contributed by atoms with van der Waals surface area (Å²) in [5.74, 6) is 0. The van der Waals surface area contributed by atoms with Gasteiger partial charge in [-0.2, -0.15) is 5.10 Å². The zero-order chi connectivity index (χ0) is 21.6. The van der Waals surface area contributed by atoms with Crippen LogP contribution in [0.15, 0.2) is 60.7 Å². The van der Waals surface area contributed by atoms with Gasteiger partial charge in [0.05, 0.1) is 11.4 Å². The fourth-order valence-corrected chi connectivity index (χ4v) is 4.73. The van der Waals surface area contributed by atoms with Crippen LogP contribution in [0.25, 0.3) is 5.69 Å². The molecule has 1 aliphatic rings. The summed E-state index contributed by atoms with van der Waals surface area (Å²) in [5, 5.41) is 4.89. The van der Waals surface area contributed by atoms with E-state index in [1.165, 1.54) is 34.7 Å². The lowest BCUT2D eigenvalue weighted by Crippen LogP contribution is -2.52. The highest BCUT2D eigenvalue weighted by Gasteiger charge is 2.23. The smallest absolute Gasteiger partial charge is 0.0648 e. The van der Waals surface area contributed by atoms with Crippen LogP contribution in [0.4, 0.5) is 5.69 Å². The number of para-hydroxylation sites is 1. The van der Waals surface area contributed by atoms with Gasteiger partial charge in [-0.25, -0.2) is 4.68 Å². The third-order valence-corrected chi connectivity index (χ3v) is 6.29. The van der Waals surface area contributed by atoms with Crippen LogP contribution in [-0.2, 0) is 12.8 Å². The van der Waals surface area contributed by atoms with Crippen LogP contribution in [-0.4, -0.2) is 46.9 Å². The Morgan fingerprint density at radius 3 is 2.48 bits per heavy atom. The Labute approximate surface area is 187 Å². The van der Waals surface area contributed by atoms with E-state index in [1.807, 2.05) is 0 Å². The lowest BCUT2D eigenvalue weighted by molar-refractivity contribution is 0.226. The van der Waals surface area contributed by atoms with Crippen molar-refractivity contribution in [2.45, 2.75) is 52.5 Å². The minimum Gasteiger partial charge on any atom is -0.366 e. The quantitative estimate of drug-likeness (QED) is 0.499. The molecule has 0 amide bonds. The van der Waals surface area contributed by atoms with E-state index in [2.05, 4.69) is 95.9 Å². The molecule has 1 saturated heterocycles. The van der Waals surface area contributed by atoms with Crippen molar-refractivity contribution in [2.24, 2.45) is 0 Å². The largest absolute Gasteiger partial charge is 0.366 e. The van der Waals surface area contributed by atoms with Gasteiger partial charge in [-0.05, 0) is 75.5 Å². The second kappa shape index (κ2) is 10.1. The molecule has 1 atom stereocenters. The molecule has 4 nitrogen and oxygen atoms in total. The third-order valence-electron chi connectivity index (χ3n) is 6.29. The Balaban J connectivity index is 1.35. The van der Waals surface area contributed by atoms with Crippen LogP contribution in [0, 0.1) is 6.92 Å². The number of piperazine rings is 1. The summed E-state index contributed by atoms with van der Waals surface area (Å²) in [6.07, 6.45) is 4.42. The maximum atomic E-state index is 4.89. The van der Waals surface area contributed by atoms with Gasteiger partial charge >= 0.3 is 0 Å². The fourth-order valence-electron chi connectivity index (χ4n) is 4.73. The molecular weight excluding hydrogens is 380 g/mol. The van der Waals surface area contributed by atoms with Gasteiger partial charge in [0.25, 0.3) is 0 Å². The molecule has 31 heavy (non-hydrogen) atoms. The minimum atomic E-state index is 0.543. The van der Waals surface area contributed by atoms with Crippen molar-refractivity contribution in [1.82, 2.24) is 14.7 Å². The molecule has 1 aliphatic heterocycles. The minimum absolute atomic E-state index is 0.543. The lowest BCUT2D eigenvalue weighted by atomic mass is 10.1. The van der Waals surface area contributed by atoms with Crippen LogP contribution in [0.2, 0.25) is 0 Å². The van der Waals surface area contributed by atoms with Gasteiger partial charge in [0.1, 0.15) is 0 Å². The summed E-state index contributed by atoms with van der Waals surface area (Å²) < 4.78 is 2.16. The molecule has 1 unspecified atom stereocenters. The van der Waals surface area contributed by atoms with Crippen molar-refractivity contribution in [3.05, 3.63) is 77.6 Å². The Morgan fingerprint density at radius 2 is 1.74 bits per heavy atom. The Bertz CT molecular complexity index is 962. The number of rotatable bonds is 8. The van der Waals surface area contributed by atoms with Gasteiger partial charge in [0, 0.05) is 37.1 Å². The fraction of sp³-hybridized carbons (Fsp3) is 0.444. The van der Waals surface area contributed by atoms with Gasteiger partial charge in [0.2, 0.25) is 0 Å². The van der Waals surface area contributed by atoms with Gasteiger partial charge in [-0.15, -0.1) is 0 Å². The Kier molecular flexibility index (Phi) is 7.08. The number of hydrogen-bond donors (Lipinski definition) is 0. The van der Waals surface area contributed by atoms with E-state index < -0.39 is 0 Å². The van der Waals surface area contributed by atoms with E-state index in [9.17, 15) is 0 Å². The van der Waals surface area contributed by atoms with Crippen LogP contribution in [0.1, 0.15) is 43.6 Å². The molecule has 164 valence electrons. The van der Waals surface area contributed by atoms with Gasteiger partial charge in [-0.1, -0.05) is 43.7 Å². The topological polar surface area (TPSA) is 24.3 Å². The van der Waals surface area contributed by atoms with E-state index in [4.69, 9.17) is 5.10 Å². The first-order valence-corrected chi connectivity index (χ1v) is 11.8. The second-order valence-electron chi connectivity index (χ2n) is 8.91. The van der Waals surface area contributed by atoms with Crippen molar-refractivity contribution >= 4 is 5.69 Å². The van der Waals surface area contributed by atoms with Crippen molar-refractivity contribution in [3.63, 3.8) is 0 Å². The normalized spacial score (nSPS) is 17.3. The van der Waals surface area contributed by atoms with Gasteiger partial charge in [-0.3, -0.25) is 4.90 Å². The summed E-state index contributed by atoms with van der Waals surface area (Å²) in [5.41, 5.74) is 6.41. The summed E-state index contributed by atoms with van der Waals surface area (Å²) in [6, 6.07) is 22.3. The van der Waals surface area contributed by atoms with Gasteiger partial charge < -0.3 is 4.90 Å². The van der Waals surface area contributed by atoms with Crippen molar-refractivity contribution in [3.8, 4) is 5.69 Å². The highest BCUT2D eigenvalue weighted by molar-refractivity contribution is 5.49. The highest BCUT2D eigenvalue weighted by atomic mass is 15.3. The van der Waals surface area contributed by atoms with Crippen LogP contribution in [0.3, 0.4) is 0 Å². The van der Waals surface area contributed by atoms with E-state index >= 15 is 0 Å². The number of benzene rings is 2. The summed E-state index contributed by atoms with van der Waals surface area (Å²) >= 11 is 0. The maximum Gasteiger partial charge on any atom is 0.0648 e. The second-order valence-corrected chi connectivity index (χ2v) is 8.91. The number of nitrogens with zero attached hydrogens (tertiary/aromatic N) is 4. The summed E-state index contributed by atoms with van der Waals surface area (Å²) in [7, 11) is 0. The number of hydrogen-bond acceptors (Lipinski definition) is 3. The predicted octanol–water partition coefficient (Wildman–Crippen LogP) is 5.28. The molecule has 2 aromatic carbocycles. The first-order chi connectivity index (χ1) is 15.1. The monoisotopic (exact) mass is 416 g/mol. The molecule has 0 bridgehead atoms. The maximum absolute atomic E-state index is 4.89. The van der Waals surface area contributed by atoms with E-state index in [0.29, 0.717) is 6.04 Å². The number of aromatic nitrogens is 2. The van der Waals surface area contributed by atoms with E-state index in [1.54, 1.807) is 0 Å². The van der Waals surface area contributed by atoms with Crippen LogP contribution in [0.5, 0.6) is 0 Å². The summed E-state index contributed by atoms with van der Waals surface area (Å²) in [6.45, 7) is 11.3. The molecule has 2 heterocycles. The molecule has 0 radical (unpaired) electrons. The number of aryl methyl sites for hydroxylation is 3. The predicted molar refractivity (Wildman–Crippen MR) is 130 cm³/mol. The third kappa shape index (κ3) is 5.37. The SMILES string of the molecule is CCCc1cc(CCCN2CCN(c3cccc(C)c3)C(C)C2)n(-c2ccccc2)n1. The molecule has 0 N–H and O–H groups in total. The van der Waals surface area contributed by atoms with E-state index in [0.717, 1.165) is 45.4 Å². The number of anilines is 1. The average molecular weight is 417 g/mol. The standard InChI is InChI=1S/C27H36N4/c1-4-10-24-20-27(31(28-24)25-12-6-5-7-13-25)15-9-16-29-17-18-30(23(3)21-29)26-14-8-11-22(2)19-26/h5-8,11-14,19-20,23H,4,9-10,15-18,21H2,1-3H3. The van der Waals surface area contributed by atoms with Crippen LogP contribution >= 0.6 is 0 Å². The molecule has 1 aromatic heterocycles. The first-order valence-electron chi connectivity index (χ1n) is 11.8. The van der Waals surface area contributed by atoms with Crippen LogP contribution < -0.4 is 4.90 Å². The van der Waals surface area contributed by atoms with Crippen molar-refractivity contribution in [2.75, 3.05) is 31.1 Å². The van der Waals surface area contributed by atoms with E-state index in [-0.39, 0.29) is 0 Å². The molecule has 0 saturated carbocycles. The molecule has 1 fully saturated rings. The van der Waals surface area contributed by atoms with Gasteiger partial charge in [0.15, 0.2) is 0 Å². The highest BCUT2D eigenvalue weighted by Crippen LogP contribution is 2.22. The van der Waals surface area contributed by atoms with Crippen molar-refractivity contribution in [1.29, 1.82) is 0 Å². The zero-order valence-corrected chi connectivity index (χ0v) is 19.3. The molecule has 4 rings (SSSR count). The molecule has 0 aliphatic carbocycles. The van der Waals surface area contributed by atoms with Crippen molar-refractivity contribution < 1.29 is 0 Å². The zero-order valence-electron chi connectivity index (χ0n) is 19.3. The Morgan fingerprint density at radius 1 is 0.935 bits per heavy atom. The summed E-state index contributed by atoms with van der Waals surface area (Å²) in [4.78, 5) is 5.19. The average Bonchev–Trinajstić information content (AvgIpc) is 3.17. The Hall–Kier alpha value is -2.59. The molecule has 0 spiro atoms.